The van der Waals surface area contributed by atoms with Crippen LogP contribution in [0, 0.1) is 0 Å². The van der Waals surface area contributed by atoms with E-state index in [9.17, 15) is 4.79 Å². The first kappa shape index (κ1) is 14.5. The molecule has 0 aliphatic carbocycles. The lowest BCUT2D eigenvalue weighted by Gasteiger charge is -2.29. The van der Waals surface area contributed by atoms with Crippen LogP contribution < -0.4 is 5.73 Å². The summed E-state index contributed by atoms with van der Waals surface area (Å²) in [6.07, 6.45) is 1.71. The van der Waals surface area contributed by atoms with Crippen LogP contribution in [0.4, 0.5) is 0 Å². The van der Waals surface area contributed by atoms with E-state index in [1.54, 1.807) is 5.38 Å². The van der Waals surface area contributed by atoms with Crippen molar-refractivity contribution < 1.29 is 4.79 Å². The Bertz CT molecular complexity index is 650. The molecule has 0 bridgehead atoms. The SMILES string of the molecule is NC1CCN(C(=O)c2csc(-c3ccccc3Cl)n2)CC1. The van der Waals surface area contributed by atoms with Gasteiger partial charge in [-0.15, -0.1) is 11.3 Å². The minimum Gasteiger partial charge on any atom is -0.337 e. The molecular weight excluding hydrogens is 306 g/mol. The summed E-state index contributed by atoms with van der Waals surface area (Å²) in [6, 6.07) is 7.74. The monoisotopic (exact) mass is 321 g/mol. The van der Waals surface area contributed by atoms with Gasteiger partial charge in [-0.25, -0.2) is 4.98 Å². The quantitative estimate of drug-likeness (QED) is 0.925. The Kier molecular flexibility index (Phi) is 4.24. The highest BCUT2D eigenvalue weighted by Crippen LogP contribution is 2.30. The maximum absolute atomic E-state index is 12.4. The van der Waals surface area contributed by atoms with Crippen LogP contribution in [0.25, 0.3) is 10.6 Å². The normalized spacial score (nSPS) is 16.2. The zero-order chi connectivity index (χ0) is 14.8. The lowest BCUT2D eigenvalue weighted by molar-refractivity contribution is 0.0709. The van der Waals surface area contributed by atoms with E-state index in [4.69, 9.17) is 17.3 Å². The van der Waals surface area contributed by atoms with Gasteiger partial charge < -0.3 is 10.6 Å². The number of carbonyl (C=O) groups is 1. The molecule has 0 atom stereocenters. The number of thiazole rings is 1. The van der Waals surface area contributed by atoms with E-state index in [1.165, 1.54) is 11.3 Å². The van der Waals surface area contributed by atoms with E-state index in [0.717, 1.165) is 23.4 Å². The van der Waals surface area contributed by atoms with Gasteiger partial charge in [0.1, 0.15) is 10.7 Å². The smallest absolute Gasteiger partial charge is 0.273 e. The second kappa shape index (κ2) is 6.13. The molecule has 2 heterocycles. The molecule has 1 saturated heterocycles. The van der Waals surface area contributed by atoms with Gasteiger partial charge in [0, 0.05) is 30.1 Å². The van der Waals surface area contributed by atoms with Crippen molar-refractivity contribution in [3.63, 3.8) is 0 Å². The summed E-state index contributed by atoms with van der Waals surface area (Å²) in [4.78, 5) is 18.7. The molecule has 1 aromatic heterocycles. The van der Waals surface area contributed by atoms with Crippen LogP contribution in [-0.4, -0.2) is 34.9 Å². The summed E-state index contributed by atoms with van der Waals surface area (Å²) in [5.74, 6) is -0.0172. The highest BCUT2D eigenvalue weighted by atomic mass is 35.5. The molecule has 0 radical (unpaired) electrons. The summed E-state index contributed by atoms with van der Waals surface area (Å²) < 4.78 is 0. The number of nitrogens with zero attached hydrogens (tertiary/aromatic N) is 2. The number of nitrogens with two attached hydrogens (primary N) is 1. The molecule has 6 heteroatoms. The van der Waals surface area contributed by atoms with E-state index in [0.29, 0.717) is 23.8 Å². The standard InChI is InChI=1S/C15H16ClN3OS/c16-12-4-2-1-3-11(12)14-18-13(9-21-14)15(20)19-7-5-10(17)6-8-19/h1-4,9-10H,5-8,17H2. The molecule has 3 rings (SSSR count). The van der Waals surface area contributed by atoms with Crippen molar-refractivity contribution in [2.45, 2.75) is 18.9 Å². The van der Waals surface area contributed by atoms with Gasteiger partial charge in [0.25, 0.3) is 5.91 Å². The summed E-state index contributed by atoms with van der Waals surface area (Å²) >= 11 is 7.61. The van der Waals surface area contributed by atoms with Crippen LogP contribution in [0.1, 0.15) is 23.3 Å². The first-order valence-corrected chi connectivity index (χ1v) is 8.16. The maximum Gasteiger partial charge on any atom is 0.273 e. The molecule has 1 aliphatic heterocycles. The predicted octanol–water partition coefficient (Wildman–Crippen LogP) is 3.03. The Labute approximate surface area is 132 Å². The van der Waals surface area contributed by atoms with Gasteiger partial charge >= 0.3 is 0 Å². The number of rotatable bonds is 2. The van der Waals surface area contributed by atoms with Crippen LogP contribution in [-0.2, 0) is 0 Å². The molecule has 1 aliphatic rings. The van der Waals surface area contributed by atoms with Crippen LogP contribution in [0.15, 0.2) is 29.6 Å². The van der Waals surface area contributed by atoms with Crippen molar-refractivity contribution in [3.8, 4) is 10.6 Å². The van der Waals surface area contributed by atoms with Gasteiger partial charge in [0.2, 0.25) is 0 Å². The maximum atomic E-state index is 12.4. The molecule has 1 fully saturated rings. The minimum atomic E-state index is -0.0172. The lowest BCUT2D eigenvalue weighted by atomic mass is 10.1. The summed E-state index contributed by atoms with van der Waals surface area (Å²) in [5, 5.41) is 3.22. The third-order valence-electron chi connectivity index (χ3n) is 3.65. The lowest BCUT2D eigenvalue weighted by Crippen LogP contribution is -2.42. The van der Waals surface area contributed by atoms with Crippen molar-refractivity contribution in [1.82, 2.24) is 9.88 Å². The highest BCUT2D eigenvalue weighted by molar-refractivity contribution is 7.13. The van der Waals surface area contributed by atoms with Gasteiger partial charge in [0.05, 0.1) is 5.02 Å². The Balaban J connectivity index is 1.79. The molecule has 2 aromatic rings. The van der Waals surface area contributed by atoms with Crippen LogP contribution in [0.5, 0.6) is 0 Å². The van der Waals surface area contributed by atoms with E-state index in [-0.39, 0.29) is 11.9 Å². The van der Waals surface area contributed by atoms with Crippen LogP contribution in [0.3, 0.4) is 0 Å². The Morgan fingerprint density at radius 3 is 2.76 bits per heavy atom. The zero-order valence-electron chi connectivity index (χ0n) is 11.5. The third kappa shape index (κ3) is 3.10. The number of hydrogen-bond donors (Lipinski definition) is 1. The van der Waals surface area contributed by atoms with E-state index < -0.39 is 0 Å². The van der Waals surface area contributed by atoms with E-state index in [2.05, 4.69) is 4.98 Å². The molecule has 0 spiro atoms. The molecule has 0 unspecified atom stereocenters. The zero-order valence-corrected chi connectivity index (χ0v) is 13.0. The molecule has 2 N–H and O–H groups in total. The van der Waals surface area contributed by atoms with Crippen molar-refractivity contribution in [3.05, 3.63) is 40.4 Å². The number of benzene rings is 1. The van der Waals surface area contributed by atoms with Crippen molar-refractivity contribution in [1.29, 1.82) is 0 Å². The molecule has 1 aromatic carbocycles. The number of likely N-dealkylation sites (tertiary alicyclic amines) is 1. The number of halogens is 1. The molecule has 0 saturated carbocycles. The average Bonchev–Trinajstić information content (AvgIpc) is 2.97. The molecule has 110 valence electrons. The van der Waals surface area contributed by atoms with Gasteiger partial charge in [-0.05, 0) is 18.9 Å². The van der Waals surface area contributed by atoms with Gasteiger partial charge in [-0.3, -0.25) is 4.79 Å². The van der Waals surface area contributed by atoms with Gasteiger partial charge in [0.15, 0.2) is 0 Å². The van der Waals surface area contributed by atoms with E-state index in [1.807, 2.05) is 29.2 Å². The number of amides is 1. The molecule has 1 amide bonds. The first-order valence-electron chi connectivity index (χ1n) is 6.90. The minimum absolute atomic E-state index is 0.0172. The number of carbonyl (C=O) groups excluding carboxylic acids is 1. The number of aromatic nitrogens is 1. The number of hydrogen-bond acceptors (Lipinski definition) is 4. The Morgan fingerprint density at radius 2 is 2.05 bits per heavy atom. The summed E-state index contributed by atoms with van der Waals surface area (Å²) in [6.45, 7) is 1.41. The van der Waals surface area contributed by atoms with Crippen molar-refractivity contribution in [2.24, 2.45) is 5.73 Å². The predicted molar refractivity (Wildman–Crippen MR) is 85.7 cm³/mol. The second-order valence-electron chi connectivity index (χ2n) is 5.15. The fraction of sp³-hybridized carbons (Fsp3) is 0.333. The Hall–Kier alpha value is -1.43. The van der Waals surface area contributed by atoms with Gasteiger partial charge in [-0.2, -0.15) is 0 Å². The Morgan fingerprint density at radius 1 is 1.33 bits per heavy atom. The van der Waals surface area contributed by atoms with Crippen LogP contribution >= 0.6 is 22.9 Å². The fourth-order valence-corrected chi connectivity index (χ4v) is 3.51. The fourth-order valence-electron chi connectivity index (χ4n) is 2.39. The first-order chi connectivity index (χ1) is 10.1. The van der Waals surface area contributed by atoms with E-state index >= 15 is 0 Å². The van der Waals surface area contributed by atoms with Crippen LogP contribution in [0.2, 0.25) is 5.02 Å². The van der Waals surface area contributed by atoms with Crippen molar-refractivity contribution >= 4 is 28.8 Å². The van der Waals surface area contributed by atoms with Crippen molar-refractivity contribution in [2.75, 3.05) is 13.1 Å². The largest absolute Gasteiger partial charge is 0.337 e. The highest BCUT2D eigenvalue weighted by Gasteiger charge is 2.23. The molecular formula is C15H16ClN3OS. The molecule has 21 heavy (non-hydrogen) atoms. The van der Waals surface area contributed by atoms with Gasteiger partial charge in [-0.1, -0.05) is 29.8 Å². The molecule has 4 nitrogen and oxygen atoms in total. The summed E-state index contributed by atoms with van der Waals surface area (Å²) in [7, 11) is 0. The number of piperidine rings is 1. The topological polar surface area (TPSA) is 59.2 Å². The summed E-state index contributed by atoms with van der Waals surface area (Å²) in [5.41, 5.74) is 7.22. The third-order valence-corrected chi connectivity index (χ3v) is 4.86. The second-order valence-corrected chi connectivity index (χ2v) is 6.41. The average molecular weight is 322 g/mol.